The van der Waals surface area contributed by atoms with E-state index < -0.39 is 0 Å². The summed E-state index contributed by atoms with van der Waals surface area (Å²) in [6, 6.07) is 20.1. The Labute approximate surface area is 169 Å². The highest BCUT2D eigenvalue weighted by atomic mass is 16.1. The largest absolute Gasteiger partial charge is 0.355 e. The van der Waals surface area contributed by atoms with E-state index in [0.29, 0.717) is 24.9 Å². The Morgan fingerprint density at radius 1 is 0.931 bits per heavy atom. The number of carbonyl (C=O) groups excluding carboxylic acids is 1. The number of amides is 1. The van der Waals surface area contributed by atoms with Gasteiger partial charge < -0.3 is 10.3 Å². The molecule has 0 fully saturated rings. The van der Waals surface area contributed by atoms with Crippen molar-refractivity contribution in [1.29, 1.82) is 0 Å². The Balaban J connectivity index is 1.43. The molecule has 4 aromatic rings. The number of H-pyrrole nitrogens is 1. The van der Waals surface area contributed by atoms with Crippen molar-refractivity contribution in [2.75, 3.05) is 6.54 Å². The van der Waals surface area contributed by atoms with Crippen molar-refractivity contribution in [3.8, 4) is 0 Å². The van der Waals surface area contributed by atoms with Crippen LogP contribution in [-0.4, -0.2) is 17.4 Å². The molecule has 3 aromatic carbocycles. The molecule has 0 unspecified atom stereocenters. The summed E-state index contributed by atoms with van der Waals surface area (Å²) in [5.74, 6) is -0.0370. The Morgan fingerprint density at radius 2 is 1.72 bits per heavy atom. The molecule has 0 atom stereocenters. The number of pyridine rings is 1. The number of nitrogens with one attached hydrogen (secondary N) is 2. The predicted molar refractivity (Wildman–Crippen MR) is 118 cm³/mol. The summed E-state index contributed by atoms with van der Waals surface area (Å²) in [4.78, 5) is 27.9. The third kappa shape index (κ3) is 3.92. The number of carbonyl (C=O) groups is 1. The molecule has 0 aliphatic heterocycles. The van der Waals surface area contributed by atoms with Crippen molar-refractivity contribution in [1.82, 2.24) is 10.3 Å². The summed E-state index contributed by atoms with van der Waals surface area (Å²) in [5.41, 5.74) is 4.74. The maximum absolute atomic E-state index is 12.4. The van der Waals surface area contributed by atoms with Crippen LogP contribution in [0.1, 0.15) is 22.3 Å². The van der Waals surface area contributed by atoms with Crippen LogP contribution in [0.15, 0.2) is 65.5 Å². The highest BCUT2D eigenvalue weighted by Gasteiger charge is 2.09. The van der Waals surface area contributed by atoms with Gasteiger partial charge in [-0.3, -0.25) is 9.59 Å². The van der Waals surface area contributed by atoms with Crippen LogP contribution in [0, 0.1) is 13.8 Å². The van der Waals surface area contributed by atoms with Gasteiger partial charge >= 0.3 is 0 Å². The second-order valence-corrected chi connectivity index (χ2v) is 7.51. The number of hydrogen-bond donors (Lipinski definition) is 2. The lowest BCUT2D eigenvalue weighted by molar-refractivity contribution is -0.120. The van der Waals surface area contributed by atoms with Gasteiger partial charge in [0.2, 0.25) is 5.91 Å². The first-order valence-corrected chi connectivity index (χ1v) is 9.88. The van der Waals surface area contributed by atoms with E-state index in [2.05, 4.69) is 16.4 Å². The summed E-state index contributed by atoms with van der Waals surface area (Å²) in [7, 11) is 0. The lowest BCUT2D eigenvalue weighted by Gasteiger charge is -2.09. The first kappa shape index (κ1) is 18.9. The van der Waals surface area contributed by atoms with Gasteiger partial charge in [0.15, 0.2) is 0 Å². The van der Waals surface area contributed by atoms with Crippen molar-refractivity contribution in [2.24, 2.45) is 0 Å². The zero-order valence-corrected chi connectivity index (χ0v) is 16.7. The van der Waals surface area contributed by atoms with Crippen LogP contribution in [0.3, 0.4) is 0 Å². The van der Waals surface area contributed by atoms with Gasteiger partial charge in [-0.25, -0.2) is 0 Å². The van der Waals surface area contributed by atoms with Crippen LogP contribution in [0.25, 0.3) is 21.7 Å². The number of hydrogen-bond acceptors (Lipinski definition) is 2. The smallest absolute Gasteiger partial charge is 0.251 e. The number of fused-ring (bicyclic) bond motifs is 2. The molecule has 146 valence electrons. The van der Waals surface area contributed by atoms with Gasteiger partial charge in [-0.2, -0.15) is 0 Å². The van der Waals surface area contributed by atoms with Crippen LogP contribution < -0.4 is 10.9 Å². The van der Waals surface area contributed by atoms with Gasteiger partial charge in [0.25, 0.3) is 5.56 Å². The molecule has 1 amide bonds. The number of rotatable bonds is 5. The topological polar surface area (TPSA) is 62.0 Å². The summed E-state index contributed by atoms with van der Waals surface area (Å²) >= 11 is 0. The highest BCUT2D eigenvalue weighted by molar-refractivity contribution is 5.90. The van der Waals surface area contributed by atoms with Gasteiger partial charge in [0, 0.05) is 12.1 Å². The Hall–Kier alpha value is -3.40. The first-order chi connectivity index (χ1) is 14.0. The normalized spacial score (nSPS) is 11.1. The molecular formula is C25H24N2O2. The van der Waals surface area contributed by atoms with Gasteiger partial charge in [-0.05, 0) is 59.2 Å². The Bertz CT molecular complexity index is 1270. The van der Waals surface area contributed by atoms with E-state index in [1.165, 1.54) is 0 Å². The van der Waals surface area contributed by atoms with Crippen molar-refractivity contribution in [3.63, 3.8) is 0 Å². The maximum atomic E-state index is 12.4. The van der Waals surface area contributed by atoms with E-state index in [1.807, 2.05) is 68.4 Å². The van der Waals surface area contributed by atoms with E-state index in [0.717, 1.165) is 38.4 Å². The number of aromatic nitrogens is 1. The molecular weight excluding hydrogens is 360 g/mol. The minimum absolute atomic E-state index is 0.0370. The molecule has 4 nitrogen and oxygen atoms in total. The van der Waals surface area contributed by atoms with Crippen LogP contribution in [-0.2, 0) is 17.6 Å². The second-order valence-electron chi connectivity index (χ2n) is 7.51. The second kappa shape index (κ2) is 7.92. The third-order valence-electron chi connectivity index (χ3n) is 5.58. The van der Waals surface area contributed by atoms with Crippen LogP contribution >= 0.6 is 0 Å². The van der Waals surface area contributed by atoms with Gasteiger partial charge in [-0.1, -0.05) is 54.6 Å². The molecule has 0 saturated heterocycles. The molecule has 4 heteroatoms. The van der Waals surface area contributed by atoms with Crippen molar-refractivity contribution in [2.45, 2.75) is 26.7 Å². The standard InChI is InChI=1S/C25H24N2O2/c1-16-10-11-20-14-21(25(29)27-24(20)17(16)2)12-13-26-23(28)15-19-8-5-7-18-6-3-4-9-22(18)19/h3-11,14H,12-13,15H2,1-2H3,(H,26,28)(H,27,29). The van der Waals surface area contributed by atoms with E-state index in [4.69, 9.17) is 0 Å². The molecule has 1 heterocycles. The molecule has 0 radical (unpaired) electrons. The van der Waals surface area contributed by atoms with Crippen molar-refractivity contribution >= 4 is 27.6 Å². The lowest BCUT2D eigenvalue weighted by atomic mass is 10.0. The Morgan fingerprint density at radius 3 is 2.59 bits per heavy atom. The quantitative estimate of drug-likeness (QED) is 0.542. The molecule has 0 spiro atoms. The Kier molecular flexibility index (Phi) is 5.17. The van der Waals surface area contributed by atoms with Crippen LogP contribution in [0.5, 0.6) is 0 Å². The summed E-state index contributed by atoms with van der Waals surface area (Å²) in [6.07, 6.45) is 0.827. The minimum atomic E-state index is -0.0884. The molecule has 0 aliphatic rings. The summed E-state index contributed by atoms with van der Waals surface area (Å²) in [5, 5.41) is 6.20. The number of aromatic amines is 1. The fourth-order valence-electron chi connectivity index (χ4n) is 3.77. The fraction of sp³-hybridized carbons (Fsp3) is 0.200. The first-order valence-electron chi connectivity index (χ1n) is 9.88. The molecule has 0 aliphatic carbocycles. The average molecular weight is 384 g/mol. The molecule has 0 bridgehead atoms. The number of benzene rings is 3. The van der Waals surface area contributed by atoms with Crippen molar-refractivity contribution < 1.29 is 4.79 Å². The monoisotopic (exact) mass is 384 g/mol. The molecule has 2 N–H and O–H groups in total. The molecule has 4 rings (SSSR count). The van der Waals surface area contributed by atoms with E-state index >= 15 is 0 Å². The lowest BCUT2D eigenvalue weighted by Crippen LogP contribution is -2.28. The summed E-state index contributed by atoms with van der Waals surface area (Å²) < 4.78 is 0. The van der Waals surface area contributed by atoms with E-state index in [-0.39, 0.29) is 11.5 Å². The maximum Gasteiger partial charge on any atom is 0.251 e. The number of aryl methyl sites for hydroxylation is 2. The van der Waals surface area contributed by atoms with Gasteiger partial charge in [0.1, 0.15) is 0 Å². The zero-order valence-electron chi connectivity index (χ0n) is 16.7. The zero-order chi connectivity index (χ0) is 20.4. The van der Waals surface area contributed by atoms with Crippen molar-refractivity contribution in [3.05, 3.63) is 93.3 Å². The molecule has 29 heavy (non-hydrogen) atoms. The van der Waals surface area contributed by atoms with Crippen LogP contribution in [0.4, 0.5) is 0 Å². The highest BCUT2D eigenvalue weighted by Crippen LogP contribution is 2.20. The fourth-order valence-corrected chi connectivity index (χ4v) is 3.77. The minimum Gasteiger partial charge on any atom is -0.355 e. The van der Waals surface area contributed by atoms with Gasteiger partial charge in [0.05, 0.1) is 11.9 Å². The summed E-state index contributed by atoms with van der Waals surface area (Å²) in [6.45, 7) is 4.48. The molecule has 0 saturated carbocycles. The molecule has 1 aromatic heterocycles. The average Bonchev–Trinajstić information content (AvgIpc) is 2.72. The SMILES string of the molecule is Cc1ccc2cc(CCNC(=O)Cc3cccc4ccccc34)c(=O)[nH]c2c1C. The predicted octanol–water partition coefficient (Wildman–Crippen LogP) is 4.20. The van der Waals surface area contributed by atoms with Gasteiger partial charge in [-0.15, -0.1) is 0 Å². The van der Waals surface area contributed by atoms with E-state index in [9.17, 15) is 9.59 Å². The van der Waals surface area contributed by atoms with Crippen LogP contribution in [0.2, 0.25) is 0 Å². The third-order valence-corrected chi connectivity index (χ3v) is 5.58. The van der Waals surface area contributed by atoms with E-state index in [1.54, 1.807) is 0 Å².